The molecular formula is C15H34O3Si. The molecule has 0 aliphatic heterocycles. The van der Waals surface area contributed by atoms with Gasteiger partial charge >= 0.3 is 8.80 Å². The molecule has 0 aromatic rings. The van der Waals surface area contributed by atoms with Gasteiger partial charge in [0.2, 0.25) is 0 Å². The first kappa shape index (κ1) is 19.1. The Labute approximate surface area is 121 Å². The van der Waals surface area contributed by atoms with Crippen LogP contribution in [0.25, 0.3) is 0 Å². The molecule has 0 heterocycles. The summed E-state index contributed by atoms with van der Waals surface area (Å²) >= 11 is 0. The monoisotopic (exact) mass is 290 g/mol. The van der Waals surface area contributed by atoms with Crippen LogP contribution in [0, 0.1) is 5.92 Å². The Hall–Kier alpha value is 0.0969. The van der Waals surface area contributed by atoms with E-state index in [2.05, 4.69) is 55.4 Å². The quantitative estimate of drug-likeness (QED) is 0.549. The van der Waals surface area contributed by atoms with Gasteiger partial charge in [0.05, 0.1) is 0 Å². The van der Waals surface area contributed by atoms with Gasteiger partial charge in [0.1, 0.15) is 0 Å². The SMILES string of the molecule is CC(C)CCC[Si](OC(C)C)(OC(C)C)OC(C)C. The van der Waals surface area contributed by atoms with Gasteiger partial charge in [-0.3, -0.25) is 0 Å². The van der Waals surface area contributed by atoms with Gasteiger partial charge in [-0.1, -0.05) is 20.3 Å². The molecule has 3 nitrogen and oxygen atoms in total. The standard InChI is InChI=1S/C15H34O3Si/c1-12(2)10-9-11-19(16-13(3)4,17-14(5)6)18-15(7)8/h12-15H,9-11H2,1-8H3. The molecule has 0 rings (SSSR count). The van der Waals surface area contributed by atoms with Crippen LogP contribution in [0.2, 0.25) is 6.04 Å². The van der Waals surface area contributed by atoms with E-state index >= 15 is 0 Å². The van der Waals surface area contributed by atoms with Crippen LogP contribution in [0.4, 0.5) is 0 Å². The lowest BCUT2D eigenvalue weighted by atomic mass is 10.1. The van der Waals surface area contributed by atoms with Crippen molar-refractivity contribution < 1.29 is 13.3 Å². The normalized spacial score (nSPS) is 13.3. The van der Waals surface area contributed by atoms with Gasteiger partial charge in [-0.05, 0) is 53.9 Å². The first-order chi connectivity index (χ1) is 8.67. The fraction of sp³-hybridized carbons (Fsp3) is 1.00. The first-order valence-electron chi connectivity index (χ1n) is 7.70. The highest BCUT2D eigenvalue weighted by molar-refractivity contribution is 6.60. The van der Waals surface area contributed by atoms with Crippen LogP contribution in [-0.4, -0.2) is 27.1 Å². The van der Waals surface area contributed by atoms with Crippen LogP contribution in [0.1, 0.15) is 68.2 Å². The van der Waals surface area contributed by atoms with Crippen molar-refractivity contribution in [2.75, 3.05) is 0 Å². The molecule has 0 radical (unpaired) electrons. The molecule has 116 valence electrons. The number of rotatable bonds is 10. The summed E-state index contributed by atoms with van der Waals surface area (Å²) in [6.45, 7) is 16.8. The Morgan fingerprint density at radius 3 is 1.32 bits per heavy atom. The van der Waals surface area contributed by atoms with Gasteiger partial charge in [0.25, 0.3) is 0 Å². The molecule has 0 fully saturated rings. The maximum Gasteiger partial charge on any atom is 0.501 e. The van der Waals surface area contributed by atoms with Crippen LogP contribution in [0.15, 0.2) is 0 Å². The molecule has 0 N–H and O–H groups in total. The second kappa shape index (κ2) is 9.11. The van der Waals surface area contributed by atoms with Crippen LogP contribution < -0.4 is 0 Å². The zero-order chi connectivity index (χ0) is 15.1. The van der Waals surface area contributed by atoms with E-state index in [4.69, 9.17) is 13.3 Å². The maximum atomic E-state index is 6.14. The van der Waals surface area contributed by atoms with E-state index in [1.54, 1.807) is 0 Å². The summed E-state index contributed by atoms with van der Waals surface area (Å²) in [7, 11) is -2.55. The zero-order valence-corrected chi connectivity index (χ0v) is 15.2. The Bertz CT molecular complexity index is 201. The largest absolute Gasteiger partial charge is 0.501 e. The van der Waals surface area contributed by atoms with Gasteiger partial charge in [0, 0.05) is 24.4 Å². The summed E-state index contributed by atoms with van der Waals surface area (Å²) in [6.07, 6.45) is 2.73. The molecule has 0 atom stereocenters. The lowest BCUT2D eigenvalue weighted by Gasteiger charge is -2.34. The average molecular weight is 291 g/mol. The molecule has 0 saturated heterocycles. The summed E-state index contributed by atoms with van der Waals surface area (Å²) in [5, 5.41) is 0. The highest BCUT2D eigenvalue weighted by Crippen LogP contribution is 2.25. The van der Waals surface area contributed by atoms with E-state index in [0.717, 1.165) is 12.5 Å². The van der Waals surface area contributed by atoms with E-state index in [0.29, 0.717) is 5.92 Å². The van der Waals surface area contributed by atoms with Crippen molar-refractivity contribution in [2.45, 2.75) is 92.6 Å². The second-order valence-corrected chi connectivity index (χ2v) is 9.04. The van der Waals surface area contributed by atoms with Crippen LogP contribution in [0.3, 0.4) is 0 Å². The molecule has 19 heavy (non-hydrogen) atoms. The fourth-order valence-corrected chi connectivity index (χ4v) is 5.38. The van der Waals surface area contributed by atoms with Crippen molar-refractivity contribution in [1.82, 2.24) is 0 Å². The van der Waals surface area contributed by atoms with Crippen molar-refractivity contribution in [2.24, 2.45) is 5.92 Å². The highest BCUT2D eigenvalue weighted by Gasteiger charge is 2.43. The molecule has 0 aromatic carbocycles. The van der Waals surface area contributed by atoms with E-state index < -0.39 is 8.80 Å². The first-order valence-corrected chi connectivity index (χ1v) is 9.63. The van der Waals surface area contributed by atoms with E-state index in [1.165, 1.54) is 6.42 Å². The molecule has 0 saturated carbocycles. The molecule has 0 bridgehead atoms. The zero-order valence-electron chi connectivity index (χ0n) is 14.2. The second-order valence-electron chi connectivity index (χ2n) is 6.47. The van der Waals surface area contributed by atoms with Crippen molar-refractivity contribution in [1.29, 1.82) is 0 Å². The number of hydrogen-bond donors (Lipinski definition) is 0. The molecule has 0 unspecified atom stereocenters. The highest BCUT2D eigenvalue weighted by atomic mass is 28.4. The number of hydrogen-bond acceptors (Lipinski definition) is 3. The fourth-order valence-electron chi connectivity index (χ4n) is 2.06. The lowest BCUT2D eigenvalue weighted by Crippen LogP contribution is -2.50. The Kier molecular flexibility index (Phi) is 9.16. The van der Waals surface area contributed by atoms with Crippen molar-refractivity contribution >= 4 is 8.80 Å². The van der Waals surface area contributed by atoms with Crippen molar-refractivity contribution in [3.8, 4) is 0 Å². The van der Waals surface area contributed by atoms with Crippen molar-refractivity contribution in [3.05, 3.63) is 0 Å². The summed E-state index contributed by atoms with van der Waals surface area (Å²) in [5.74, 6) is 0.712. The minimum absolute atomic E-state index is 0.142. The third-order valence-electron chi connectivity index (χ3n) is 2.51. The Balaban J connectivity index is 4.77. The van der Waals surface area contributed by atoms with Gasteiger partial charge < -0.3 is 13.3 Å². The summed E-state index contributed by atoms with van der Waals surface area (Å²) in [4.78, 5) is 0. The summed E-state index contributed by atoms with van der Waals surface area (Å²) in [6, 6.07) is 0.916. The minimum atomic E-state index is -2.55. The predicted octanol–water partition coefficient (Wildman–Crippen LogP) is 4.64. The van der Waals surface area contributed by atoms with E-state index in [9.17, 15) is 0 Å². The van der Waals surface area contributed by atoms with Gasteiger partial charge in [0.15, 0.2) is 0 Å². The molecule has 0 amide bonds. The molecular weight excluding hydrogens is 256 g/mol. The molecule has 0 spiro atoms. The summed E-state index contributed by atoms with van der Waals surface area (Å²) in [5.41, 5.74) is 0. The third-order valence-corrected chi connectivity index (χ3v) is 5.97. The van der Waals surface area contributed by atoms with Gasteiger partial charge in [-0.15, -0.1) is 0 Å². The molecule has 0 aromatic heterocycles. The van der Waals surface area contributed by atoms with Crippen LogP contribution in [0.5, 0.6) is 0 Å². The maximum absolute atomic E-state index is 6.14. The minimum Gasteiger partial charge on any atom is -0.371 e. The molecule has 4 heteroatoms. The smallest absolute Gasteiger partial charge is 0.371 e. The topological polar surface area (TPSA) is 27.7 Å². The van der Waals surface area contributed by atoms with Crippen molar-refractivity contribution in [3.63, 3.8) is 0 Å². The van der Waals surface area contributed by atoms with Crippen LogP contribution >= 0.6 is 0 Å². The average Bonchev–Trinajstić information content (AvgIpc) is 2.12. The lowest BCUT2D eigenvalue weighted by molar-refractivity contribution is 0.00268. The van der Waals surface area contributed by atoms with Gasteiger partial charge in [-0.25, -0.2) is 0 Å². The Morgan fingerprint density at radius 1 is 0.684 bits per heavy atom. The van der Waals surface area contributed by atoms with E-state index in [-0.39, 0.29) is 18.3 Å². The third kappa shape index (κ3) is 9.60. The Morgan fingerprint density at radius 2 is 1.05 bits per heavy atom. The molecule has 0 aliphatic rings. The molecule has 0 aliphatic carbocycles. The van der Waals surface area contributed by atoms with Gasteiger partial charge in [-0.2, -0.15) is 0 Å². The van der Waals surface area contributed by atoms with E-state index in [1.807, 2.05) is 0 Å². The predicted molar refractivity (Wildman–Crippen MR) is 83.3 cm³/mol. The summed E-state index contributed by atoms with van der Waals surface area (Å²) < 4.78 is 18.4. The van der Waals surface area contributed by atoms with Crippen LogP contribution in [-0.2, 0) is 13.3 Å².